The summed E-state index contributed by atoms with van der Waals surface area (Å²) >= 11 is 0. The van der Waals surface area contributed by atoms with Crippen molar-refractivity contribution in [2.45, 2.75) is 13.0 Å². The third-order valence-electron chi connectivity index (χ3n) is 4.17. The summed E-state index contributed by atoms with van der Waals surface area (Å²) in [4.78, 5) is 32.9. The molecule has 0 spiro atoms. The van der Waals surface area contributed by atoms with E-state index in [0.717, 1.165) is 0 Å². The molecule has 8 nitrogen and oxygen atoms in total. The number of fused-ring (bicyclic) bond motifs is 1. The van der Waals surface area contributed by atoms with E-state index in [9.17, 15) is 14.0 Å². The summed E-state index contributed by atoms with van der Waals surface area (Å²) in [6.45, 7) is 0.181. The Morgan fingerprint density at radius 1 is 1.11 bits per heavy atom. The second kappa shape index (κ2) is 7.39. The predicted octanol–water partition coefficient (Wildman–Crippen LogP) is 2.15. The molecule has 1 aromatic carbocycles. The van der Waals surface area contributed by atoms with E-state index in [1.54, 1.807) is 36.7 Å². The molecule has 4 rings (SSSR count). The molecular weight excluding hydrogens is 363 g/mol. The first kappa shape index (κ1) is 17.5. The van der Waals surface area contributed by atoms with Gasteiger partial charge in [-0.3, -0.25) is 19.1 Å². The van der Waals surface area contributed by atoms with Crippen LogP contribution in [-0.4, -0.2) is 30.2 Å². The molecule has 0 aliphatic carbocycles. The van der Waals surface area contributed by atoms with Crippen molar-refractivity contribution in [3.8, 4) is 5.69 Å². The highest BCUT2D eigenvalue weighted by Crippen LogP contribution is 2.14. The van der Waals surface area contributed by atoms with Gasteiger partial charge in [-0.15, -0.1) is 0 Å². The van der Waals surface area contributed by atoms with E-state index in [-0.39, 0.29) is 30.2 Å². The highest BCUT2D eigenvalue weighted by atomic mass is 19.1. The van der Waals surface area contributed by atoms with E-state index in [2.05, 4.69) is 20.4 Å². The van der Waals surface area contributed by atoms with Crippen molar-refractivity contribution in [1.29, 1.82) is 0 Å². The number of benzene rings is 1. The van der Waals surface area contributed by atoms with Gasteiger partial charge in [-0.1, -0.05) is 0 Å². The molecule has 1 amide bonds. The van der Waals surface area contributed by atoms with Crippen molar-refractivity contribution in [2.75, 3.05) is 5.32 Å². The van der Waals surface area contributed by atoms with Crippen molar-refractivity contribution >= 4 is 22.6 Å². The monoisotopic (exact) mass is 378 g/mol. The molecule has 0 aliphatic rings. The van der Waals surface area contributed by atoms with Gasteiger partial charge < -0.3 is 5.32 Å². The van der Waals surface area contributed by atoms with Crippen molar-refractivity contribution in [1.82, 2.24) is 24.3 Å². The van der Waals surface area contributed by atoms with Crippen LogP contribution in [0.1, 0.15) is 6.42 Å². The molecule has 0 atom stereocenters. The summed E-state index contributed by atoms with van der Waals surface area (Å²) in [6, 6.07) is 9.09. The smallest absolute Gasteiger partial charge is 0.264 e. The normalized spacial score (nSPS) is 10.9. The minimum absolute atomic E-state index is 0.113. The van der Waals surface area contributed by atoms with Gasteiger partial charge in [-0.2, -0.15) is 5.10 Å². The van der Waals surface area contributed by atoms with Gasteiger partial charge in [0.15, 0.2) is 5.65 Å². The third kappa shape index (κ3) is 3.50. The highest BCUT2D eigenvalue weighted by Gasteiger charge is 2.12. The third-order valence-corrected chi connectivity index (χ3v) is 4.17. The molecule has 28 heavy (non-hydrogen) atoms. The van der Waals surface area contributed by atoms with Crippen LogP contribution in [0.4, 0.5) is 10.1 Å². The summed E-state index contributed by atoms with van der Waals surface area (Å²) in [5.74, 6) is -0.583. The average Bonchev–Trinajstić information content (AvgIpc) is 3.14. The zero-order valence-corrected chi connectivity index (χ0v) is 14.6. The Morgan fingerprint density at radius 2 is 1.86 bits per heavy atom. The first-order chi connectivity index (χ1) is 13.6. The van der Waals surface area contributed by atoms with Crippen LogP contribution in [0, 0.1) is 5.82 Å². The Bertz CT molecular complexity index is 1180. The number of carbonyl (C=O) groups is 1. The zero-order chi connectivity index (χ0) is 19.5. The molecule has 0 saturated heterocycles. The van der Waals surface area contributed by atoms with Gasteiger partial charge in [-0.25, -0.2) is 14.1 Å². The fourth-order valence-corrected chi connectivity index (χ4v) is 2.76. The van der Waals surface area contributed by atoms with Gasteiger partial charge in [-0.05, 0) is 36.4 Å². The highest BCUT2D eigenvalue weighted by molar-refractivity contribution is 5.90. The number of aromatic nitrogens is 5. The van der Waals surface area contributed by atoms with Gasteiger partial charge in [0.2, 0.25) is 5.91 Å². The van der Waals surface area contributed by atoms with E-state index >= 15 is 0 Å². The summed E-state index contributed by atoms with van der Waals surface area (Å²) in [6.07, 6.45) is 6.07. The number of aryl methyl sites for hydroxylation is 1. The van der Waals surface area contributed by atoms with Gasteiger partial charge in [0.25, 0.3) is 5.56 Å². The number of amides is 1. The number of nitrogens with zero attached hydrogens (tertiary/aromatic N) is 5. The van der Waals surface area contributed by atoms with Crippen molar-refractivity contribution in [3.63, 3.8) is 0 Å². The number of nitrogens with one attached hydrogen (secondary N) is 1. The van der Waals surface area contributed by atoms with Crippen LogP contribution >= 0.6 is 0 Å². The lowest BCUT2D eigenvalue weighted by Gasteiger charge is -2.07. The molecule has 1 N–H and O–H groups in total. The molecule has 0 radical (unpaired) electrons. The van der Waals surface area contributed by atoms with E-state index in [4.69, 9.17) is 0 Å². The van der Waals surface area contributed by atoms with Gasteiger partial charge >= 0.3 is 0 Å². The van der Waals surface area contributed by atoms with Crippen LogP contribution in [0.25, 0.3) is 16.7 Å². The number of hydrogen-bond donors (Lipinski definition) is 1. The van der Waals surface area contributed by atoms with Crippen LogP contribution in [0.2, 0.25) is 0 Å². The fraction of sp³-hybridized carbons (Fsp3) is 0.105. The molecule has 9 heteroatoms. The number of anilines is 1. The summed E-state index contributed by atoms with van der Waals surface area (Å²) in [5.41, 5.74) is 1.31. The average molecular weight is 378 g/mol. The minimum atomic E-state index is -0.361. The number of carbonyl (C=O) groups excluding carboxylic acids is 1. The van der Waals surface area contributed by atoms with Crippen molar-refractivity contribution in [2.24, 2.45) is 0 Å². The largest absolute Gasteiger partial charge is 0.326 e. The van der Waals surface area contributed by atoms with E-state index in [0.29, 0.717) is 22.4 Å². The minimum Gasteiger partial charge on any atom is -0.326 e. The first-order valence-corrected chi connectivity index (χ1v) is 8.51. The first-order valence-electron chi connectivity index (χ1n) is 8.51. The van der Waals surface area contributed by atoms with Crippen molar-refractivity contribution in [3.05, 3.63) is 77.5 Å². The quantitative estimate of drug-likeness (QED) is 0.574. The molecular formula is C19H15FN6O2. The van der Waals surface area contributed by atoms with Crippen LogP contribution in [0.15, 0.2) is 66.1 Å². The van der Waals surface area contributed by atoms with Crippen LogP contribution in [0.5, 0.6) is 0 Å². The maximum absolute atomic E-state index is 13.1. The van der Waals surface area contributed by atoms with Gasteiger partial charge in [0.05, 0.1) is 18.2 Å². The molecule has 0 bridgehead atoms. The second-order valence-corrected chi connectivity index (χ2v) is 6.05. The summed E-state index contributed by atoms with van der Waals surface area (Å²) < 4.78 is 15.9. The van der Waals surface area contributed by atoms with E-state index < -0.39 is 0 Å². The topological polar surface area (TPSA) is 94.7 Å². The molecule has 0 unspecified atom stereocenters. The molecule has 3 heterocycles. The molecule has 0 saturated carbocycles. The molecule has 0 aliphatic heterocycles. The second-order valence-electron chi connectivity index (χ2n) is 6.05. The standard InChI is InChI=1S/C19H15FN6O2/c20-13-1-3-15(4-2-13)26-18-16(11-23-26)19(28)25(12-22-18)10-7-17(27)24-14-5-8-21-9-6-14/h1-6,8-9,11-12H,7,10H2,(H,21,24,27). The van der Waals surface area contributed by atoms with Crippen LogP contribution in [-0.2, 0) is 11.3 Å². The maximum atomic E-state index is 13.1. The van der Waals surface area contributed by atoms with Crippen LogP contribution < -0.4 is 10.9 Å². The number of pyridine rings is 1. The number of halogens is 1. The zero-order valence-electron chi connectivity index (χ0n) is 14.6. The Balaban J connectivity index is 1.53. The van der Waals surface area contributed by atoms with Gasteiger partial charge in [0.1, 0.15) is 11.2 Å². The Labute approximate surface area is 158 Å². The molecule has 4 aromatic rings. The Kier molecular flexibility index (Phi) is 4.63. The number of rotatable bonds is 5. The lowest BCUT2D eigenvalue weighted by molar-refractivity contribution is -0.116. The van der Waals surface area contributed by atoms with Crippen LogP contribution in [0.3, 0.4) is 0 Å². The predicted molar refractivity (Wildman–Crippen MR) is 101 cm³/mol. The molecule has 140 valence electrons. The lowest BCUT2D eigenvalue weighted by atomic mass is 10.3. The number of hydrogen-bond acceptors (Lipinski definition) is 5. The van der Waals surface area contributed by atoms with E-state index in [1.807, 2.05) is 0 Å². The van der Waals surface area contributed by atoms with Gasteiger partial charge in [0, 0.05) is 31.0 Å². The molecule has 0 fully saturated rings. The fourth-order valence-electron chi connectivity index (χ4n) is 2.76. The van der Waals surface area contributed by atoms with E-state index in [1.165, 1.54) is 33.9 Å². The lowest BCUT2D eigenvalue weighted by Crippen LogP contribution is -2.23. The maximum Gasteiger partial charge on any atom is 0.264 e. The van der Waals surface area contributed by atoms with Crippen molar-refractivity contribution < 1.29 is 9.18 Å². The Hall–Kier alpha value is -3.88. The SMILES string of the molecule is O=C(CCn1cnc2c(cnn2-c2ccc(F)cc2)c1=O)Nc1ccncc1. The Morgan fingerprint density at radius 3 is 2.61 bits per heavy atom. The molecule has 3 aromatic heterocycles. The summed E-state index contributed by atoms with van der Waals surface area (Å²) in [5, 5.41) is 7.24. The summed E-state index contributed by atoms with van der Waals surface area (Å²) in [7, 11) is 0.